The number of nitrogens with two attached hydrogens (primary N) is 1. The highest BCUT2D eigenvalue weighted by atomic mass is 79.9. The van der Waals surface area contributed by atoms with Crippen LogP contribution in [0.4, 0.5) is 22.4 Å². The van der Waals surface area contributed by atoms with E-state index >= 15 is 0 Å². The molecule has 308 valence electrons. The molecule has 0 heterocycles. The first-order valence-corrected chi connectivity index (χ1v) is 20.5. The number of benzene rings is 4. The average molecular weight is 923 g/mol. The predicted molar refractivity (Wildman–Crippen MR) is 219 cm³/mol. The van der Waals surface area contributed by atoms with Gasteiger partial charge in [-0.15, -0.1) is 0 Å². The number of halogens is 6. The Bertz CT molecular complexity index is 1950. The van der Waals surface area contributed by atoms with Gasteiger partial charge in [0.1, 0.15) is 28.9 Å². The standard InChI is InChI=1S/C24H29BrF2N2O3.C19H21BrF2N2O/c1-23(2,3)32-22(31)29-20(11-15-9-18(26)13-19(27)10-15)21(30)14-28-24(7-8-24)16-5-4-6-17(25)12-16;20-14-3-1-2-13(9-14)19(4-5-19)24-11-18(25)17(23)8-12-6-15(21)10-16(22)7-12/h4-6,9-10,12-13,20-21,28,30H,7-8,11,14H2,1-3H3,(H,29,31);1-3,6-7,9-10,17-18,24-25H,4-5,8,11,23H2/t20-,21+;17-,18+/m00/s1. The number of rotatable bonds is 15. The van der Waals surface area contributed by atoms with Crippen LogP contribution in [0.1, 0.15) is 68.7 Å². The summed E-state index contributed by atoms with van der Waals surface area (Å²) >= 11 is 6.96. The molecule has 4 atom stereocenters. The molecule has 2 fully saturated rings. The number of carbonyl (C=O) groups is 1. The van der Waals surface area contributed by atoms with Crippen molar-refractivity contribution in [3.63, 3.8) is 0 Å². The maximum Gasteiger partial charge on any atom is 0.407 e. The van der Waals surface area contributed by atoms with Gasteiger partial charge in [0.05, 0.1) is 18.2 Å². The van der Waals surface area contributed by atoms with E-state index in [4.69, 9.17) is 10.5 Å². The van der Waals surface area contributed by atoms with E-state index in [2.05, 4.69) is 59.9 Å². The van der Waals surface area contributed by atoms with Gasteiger partial charge in [-0.1, -0.05) is 56.1 Å². The molecule has 1 amide bonds. The van der Waals surface area contributed by atoms with Crippen molar-refractivity contribution < 1.29 is 37.3 Å². The monoisotopic (exact) mass is 920 g/mol. The number of nitrogens with one attached hydrogen (secondary N) is 3. The molecule has 0 spiro atoms. The van der Waals surface area contributed by atoms with Crippen molar-refractivity contribution >= 4 is 38.0 Å². The third kappa shape index (κ3) is 13.6. The molecule has 57 heavy (non-hydrogen) atoms. The van der Waals surface area contributed by atoms with E-state index < -0.39 is 59.3 Å². The van der Waals surface area contributed by atoms with E-state index in [0.717, 1.165) is 52.3 Å². The van der Waals surface area contributed by atoms with Gasteiger partial charge in [-0.3, -0.25) is 0 Å². The largest absolute Gasteiger partial charge is 0.444 e. The lowest BCUT2D eigenvalue weighted by atomic mass is 9.99. The Labute approximate surface area is 348 Å². The summed E-state index contributed by atoms with van der Waals surface area (Å²) in [5, 5.41) is 30.7. The number of aliphatic hydroxyl groups excluding tert-OH is 2. The highest BCUT2D eigenvalue weighted by molar-refractivity contribution is 9.10. The molecule has 4 aromatic carbocycles. The summed E-state index contributed by atoms with van der Waals surface area (Å²) in [5.41, 5.74) is 8.01. The molecule has 8 nitrogen and oxygen atoms in total. The van der Waals surface area contributed by atoms with Crippen LogP contribution in [0.2, 0.25) is 0 Å². The molecule has 2 aliphatic rings. The fourth-order valence-corrected chi connectivity index (χ4v) is 7.51. The number of alkyl carbamates (subject to hydrolysis) is 1. The third-order valence-electron chi connectivity index (χ3n) is 9.99. The Balaban J connectivity index is 0.000000224. The minimum Gasteiger partial charge on any atom is -0.444 e. The van der Waals surface area contributed by atoms with Crippen LogP contribution >= 0.6 is 31.9 Å². The van der Waals surface area contributed by atoms with Crippen molar-refractivity contribution in [3.05, 3.63) is 139 Å². The van der Waals surface area contributed by atoms with E-state index in [1.165, 1.54) is 29.8 Å². The van der Waals surface area contributed by atoms with Gasteiger partial charge in [-0.25, -0.2) is 22.4 Å². The van der Waals surface area contributed by atoms with Crippen LogP contribution in [-0.2, 0) is 28.7 Å². The van der Waals surface area contributed by atoms with E-state index in [1.807, 2.05) is 36.4 Å². The summed E-state index contributed by atoms with van der Waals surface area (Å²) in [7, 11) is 0. The van der Waals surface area contributed by atoms with E-state index in [0.29, 0.717) is 17.7 Å². The summed E-state index contributed by atoms with van der Waals surface area (Å²) in [6.07, 6.45) is 1.58. The molecule has 4 aromatic rings. The van der Waals surface area contributed by atoms with Crippen molar-refractivity contribution in [1.82, 2.24) is 16.0 Å². The van der Waals surface area contributed by atoms with Crippen molar-refractivity contribution in [2.75, 3.05) is 13.1 Å². The number of carbonyl (C=O) groups excluding carboxylic acids is 1. The molecule has 0 radical (unpaired) electrons. The molecule has 0 unspecified atom stereocenters. The van der Waals surface area contributed by atoms with Gasteiger partial charge in [0.15, 0.2) is 0 Å². The molecule has 0 saturated heterocycles. The smallest absolute Gasteiger partial charge is 0.407 e. The van der Waals surface area contributed by atoms with Crippen molar-refractivity contribution in [2.45, 2.75) is 100 Å². The lowest BCUT2D eigenvalue weighted by Gasteiger charge is -2.28. The zero-order valence-corrected chi connectivity index (χ0v) is 35.3. The zero-order valence-electron chi connectivity index (χ0n) is 32.1. The highest BCUT2D eigenvalue weighted by Crippen LogP contribution is 2.47. The lowest BCUT2D eigenvalue weighted by Crippen LogP contribution is -2.51. The second-order valence-corrected chi connectivity index (χ2v) is 17.8. The molecule has 2 aliphatic carbocycles. The number of aliphatic hydroxyl groups is 2. The number of amides is 1. The maximum atomic E-state index is 13.7. The van der Waals surface area contributed by atoms with Gasteiger partial charge in [0.25, 0.3) is 0 Å². The van der Waals surface area contributed by atoms with Crippen LogP contribution in [0.3, 0.4) is 0 Å². The van der Waals surface area contributed by atoms with Gasteiger partial charge >= 0.3 is 6.09 Å². The molecule has 0 bridgehead atoms. The van der Waals surface area contributed by atoms with Gasteiger partial charge in [0.2, 0.25) is 0 Å². The first-order valence-electron chi connectivity index (χ1n) is 18.9. The average Bonchev–Trinajstić information content (AvgIpc) is 4.05. The Kier molecular flexibility index (Phi) is 15.0. The number of hydrogen-bond acceptors (Lipinski definition) is 7. The number of ether oxygens (including phenoxy) is 1. The molecular formula is C43H50Br2F4N4O4. The first-order chi connectivity index (χ1) is 26.8. The molecule has 2 saturated carbocycles. The second-order valence-electron chi connectivity index (χ2n) is 16.0. The minimum absolute atomic E-state index is 0.0423. The fourth-order valence-electron chi connectivity index (χ4n) is 6.71. The Hall–Kier alpha value is -3.37. The van der Waals surface area contributed by atoms with Crippen LogP contribution in [0.5, 0.6) is 0 Å². The third-order valence-corrected chi connectivity index (χ3v) is 11.0. The topological polar surface area (TPSA) is 129 Å². The van der Waals surface area contributed by atoms with Gasteiger partial charge in [-0.2, -0.15) is 0 Å². The van der Waals surface area contributed by atoms with Crippen LogP contribution in [0, 0.1) is 23.3 Å². The van der Waals surface area contributed by atoms with Crippen molar-refractivity contribution in [3.8, 4) is 0 Å². The minimum atomic E-state index is -1.02. The van der Waals surface area contributed by atoms with Crippen molar-refractivity contribution in [2.24, 2.45) is 5.73 Å². The SMILES string of the molecule is CC(C)(C)OC(=O)N[C@@H](Cc1cc(F)cc(F)c1)[C@H](O)CNC1(c2cccc(Br)c2)CC1.N[C@@H](Cc1cc(F)cc(F)c1)[C@H](O)CNC1(c2cccc(Br)c2)CC1. The summed E-state index contributed by atoms with van der Waals surface area (Å²) in [5.74, 6) is -2.70. The van der Waals surface area contributed by atoms with Crippen molar-refractivity contribution in [1.29, 1.82) is 0 Å². The lowest BCUT2D eigenvalue weighted by molar-refractivity contribution is 0.0419. The molecule has 14 heteroatoms. The Morgan fingerprint density at radius 3 is 1.54 bits per heavy atom. The zero-order chi connectivity index (χ0) is 41.5. The normalized spacial score (nSPS) is 17.3. The van der Waals surface area contributed by atoms with Crippen LogP contribution in [0.15, 0.2) is 93.9 Å². The van der Waals surface area contributed by atoms with Gasteiger partial charge < -0.3 is 36.6 Å². The molecular weight excluding hydrogens is 872 g/mol. The number of hydrogen-bond donors (Lipinski definition) is 6. The van der Waals surface area contributed by atoms with Crippen LogP contribution in [-0.4, -0.2) is 59.3 Å². The second kappa shape index (κ2) is 19.1. The van der Waals surface area contributed by atoms with Gasteiger partial charge in [-0.05, 0) is 130 Å². The van der Waals surface area contributed by atoms with Crippen LogP contribution in [0.25, 0.3) is 0 Å². The Morgan fingerprint density at radius 2 is 1.14 bits per heavy atom. The molecule has 0 aromatic heterocycles. The maximum absolute atomic E-state index is 13.7. The quantitative estimate of drug-likeness (QED) is 0.0667. The summed E-state index contributed by atoms with van der Waals surface area (Å²) in [6.45, 7) is 5.71. The molecule has 0 aliphatic heterocycles. The van der Waals surface area contributed by atoms with Crippen LogP contribution < -0.4 is 21.7 Å². The summed E-state index contributed by atoms with van der Waals surface area (Å²) < 4.78 is 61.1. The fraction of sp³-hybridized carbons (Fsp3) is 0.419. The highest BCUT2D eigenvalue weighted by Gasteiger charge is 2.45. The van der Waals surface area contributed by atoms with Gasteiger partial charge in [0, 0.05) is 51.3 Å². The van der Waals surface area contributed by atoms with E-state index in [9.17, 15) is 32.6 Å². The predicted octanol–water partition coefficient (Wildman–Crippen LogP) is 8.04. The summed E-state index contributed by atoms with van der Waals surface area (Å²) in [4.78, 5) is 12.4. The Morgan fingerprint density at radius 1 is 0.719 bits per heavy atom. The first kappa shape index (κ1) is 44.7. The van der Waals surface area contributed by atoms with E-state index in [1.54, 1.807) is 20.8 Å². The van der Waals surface area contributed by atoms with E-state index in [-0.39, 0.29) is 30.5 Å². The summed E-state index contributed by atoms with van der Waals surface area (Å²) in [6, 6.07) is 21.1. The molecule has 6 rings (SSSR count). The molecule has 7 N–H and O–H groups in total.